The third-order valence-corrected chi connectivity index (χ3v) is 6.49. The van der Waals surface area contributed by atoms with Crippen LogP contribution in [-0.2, 0) is 4.74 Å². The van der Waals surface area contributed by atoms with E-state index in [0.717, 1.165) is 12.5 Å². The average molecular weight is 292 g/mol. The molecule has 0 unspecified atom stereocenters. The largest absolute Gasteiger partial charge is 0.378 e. The minimum atomic E-state index is 0.459. The van der Waals surface area contributed by atoms with Gasteiger partial charge < -0.3 is 10.1 Å². The van der Waals surface area contributed by atoms with Crippen molar-refractivity contribution in [3.8, 4) is 0 Å². The minimum Gasteiger partial charge on any atom is -0.378 e. The molecule has 0 aromatic carbocycles. The Morgan fingerprint density at radius 2 is 2.35 bits per heavy atom. The highest BCUT2D eigenvalue weighted by molar-refractivity contribution is 7.09. The van der Waals surface area contributed by atoms with E-state index in [4.69, 9.17) is 4.74 Å². The summed E-state index contributed by atoms with van der Waals surface area (Å²) >= 11 is 1.81. The molecule has 3 fully saturated rings. The van der Waals surface area contributed by atoms with Gasteiger partial charge in [0.2, 0.25) is 0 Å². The normalized spacial score (nSPS) is 32.6. The van der Waals surface area contributed by atoms with Crippen LogP contribution in [0.25, 0.3) is 0 Å². The van der Waals surface area contributed by atoms with Gasteiger partial charge >= 0.3 is 0 Å². The van der Waals surface area contributed by atoms with E-state index in [1.165, 1.54) is 43.5 Å². The van der Waals surface area contributed by atoms with Crippen LogP contribution in [0.15, 0.2) is 11.6 Å². The second-order valence-corrected chi connectivity index (χ2v) is 7.60. The standard InChI is InChI=1S/C16H24N2OS/c1-2-19-13-10-12(16(13)6-3-7-16)18-14(11-4-5-11)15-17-8-9-20-15/h8-9,11-14,18H,2-7,10H2,1H3/t12-,13-,14+/m1/s1. The fraction of sp³-hybridized carbons (Fsp3) is 0.812. The van der Waals surface area contributed by atoms with Crippen molar-refractivity contribution in [3.05, 3.63) is 16.6 Å². The van der Waals surface area contributed by atoms with Crippen molar-refractivity contribution in [3.63, 3.8) is 0 Å². The Morgan fingerprint density at radius 3 is 2.90 bits per heavy atom. The maximum atomic E-state index is 5.96. The molecule has 1 aromatic rings. The molecule has 1 spiro atoms. The predicted octanol–water partition coefficient (Wildman–Crippen LogP) is 3.53. The minimum absolute atomic E-state index is 0.459. The molecule has 3 saturated carbocycles. The molecule has 1 aromatic heterocycles. The number of ether oxygens (including phenoxy) is 1. The fourth-order valence-corrected chi connectivity index (χ4v) is 4.91. The topological polar surface area (TPSA) is 34.1 Å². The average Bonchev–Trinajstić information content (AvgIpc) is 3.05. The van der Waals surface area contributed by atoms with Gasteiger partial charge in [-0.25, -0.2) is 4.98 Å². The molecule has 3 aliphatic carbocycles. The van der Waals surface area contributed by atoms with Gasteiger partial charge in [0.15, 0.2) is 0 Å². The summed E-state index contributed by atoms with van der Waals surface area (Å²) in [6, 6.07) is 1.15. The van der Waals surface area contributed by atoms with Gasteiger partial charge in [-0.3, -0.25) is 0 Å². The second kappa shape index (κ2) is 5.08. The summed E-state index contributed by atoms with van der Waals surface area (Å²) in [5, 5.41) is 7.37. The molecule has 3 atom stereocenters. The van der Waals surface area contributed by atoms with Crippen molar-refractivity contribution in [2.24, 2.45) is 11.3 Å². The number of rotatable bonds is 6. The van der Waals surface area contributed by atoms with Gasteiger partial charge in [-0.2, -0.15) is 0 Å². The lowest BCUT2D eigenvalue weighted by molar-refractivity contribution is -0.175. The summed E-state index contributed by atoms with van der Waals surface area (Å²) in [6.07, 6.45) is 10.5. The Labute approximate surface area is 125 Å². The second-order valence-electron chi connectivity index (χ2n) is 6.67. The van der Waals surface area contributed by atoms with Crippen molar-refractivity contribution in [2.45, 2.75) is 63.6 Å². The van der Waals surface area contributed by atoms with Crippen LogP contribution in [0.2, 0.25) is 0 Å². The van der Waals surface area contributed by atoms with E-state index >= 15 is 0 Å². The lowest BCUT2D eigenvalue weighted by atomic mass is 9.51. The Balaban J connectivity index is 1.46. The first-order chi connectivity index (χ1) is 9.83. The van der Waals surface area contributed by atoms with Crippen molar-refractivity contribution in [1.82, 2.24) is 10.3 Å². The predicted molar refractivity (Wildman–Crippen MR) is 80.8 cm³/mol. The maximum absolute atomic E-state index is 5.96. The molecular weight excluding hydrogens is 268 g/mol. The van der Waals surface area contributed by atoms with Crippen LogP contribution in [0.1, 0.15) is 56.5 Å². The Hall–Kier alpha value is -0.450. The molecular formula is C16H24N2OS. The first-order valence-corrected chi connectivity index (χ1v) is 8.98. The number of thiazole rings is 1. The highest BCUT2D eigenvalue weighted by atomic mass is 32.1. The highest BCUT2D eigenvalue weighted by Crippen LogP contribution is 2.58. The monoisotopic (exact) mass is 292 g/mol. The van der Waals surface area contributed by atoms with E-state index < -0.39 is 0 Å². The summed E-state index contributed by atoms with van der Waals surface area (Å²) in [6.45, 7) is 2.98. The smallest absolute Gasteiger partial charge is 0.110 e. The molecule has 3 aliphatic rings. The van der Waals surface area contributed by atoms with E-state index in [-0.39, 0.29) is 0 Å². The molecule has 110 valence electrons. The molecule has 0 saturated heterocycles. The highest BCUT2D eigenvalue weighted by Gasteiger charge is 2.59. The van der Waals surface area contributed by atoms with Gasteiger partial charge in [0.25, 0.3) is 0 Å². The van der Waals surface area contributed by atoms with Crippen LogP contribution in [0.4, 0.5) is 0 Å². The number of nitrogens with zero attached hydrogens (tertiary/aromatic N) is 1. The van der Waals surface area contributed by atoms with Gasteiger partial charge in [-0.1, -0.05) is 6.42 Å². The summed E-state index contributed by atoms with van der Waals surface area (Å²) in [5.74, 6) is 0.824. The first-order valence-electron chi connectivity index (χ1n) is 8.10. The third-order valence-electron chi connectivity index (χ3n) is 5.63. The maximum Gasteiger partial charge on any atom is 0.110 e. The van der Waals surface area contributed by atoms with E-state index in [9.17, 15) is 0 Å². The summed E-state index contributed by atoms with van der Waals surface area (Å²) < 4.78 is 5.96. The molecule has 0 radical (unpaired) electrons. The molecule has 4 rings (SSSR count). The van der Waals surface area contributed by atoms with Crippen molar-refractivity contribution in [1.29, 1.82) is 0 Å². The fourth-order valence-electron chi connectivity index (χ4n) is 4.12. The molecule has 0 bridgehead atoms. The van der Waals surface area contributed by atoms with Crippen LogP contribution in [-0.4, -0.2) is 23.7 Å². The van der Waals surface area contributed by atoms with Gasteiger partial charge in [0, 0.05) is 29.6 Å². The van der Waals surface area contributed by atoms with E-state index in [0.29, 0.717) is 23.6 Å². The van der Waals surface area contributed by atoms with E-state index in [2.05, 4.69) is 22.6 Å². The van der Waals surface area contributed by atoms with Crippen molar-refractivity contribution < 1.29 is 4.74 Å². The Kier molecular flexibility index (Phi) is 3.36. The van der Waals surface area contributed by atoms with Crippen molar-refractivity contribution >= 4 is 11.3 Å². The molecule has 20 heavy (non-hydrogen) atoms. The van der Waals surface area contributed by atoms with Crippen LogP contribution < -0.4 is 5.32 Å². The molecule has 0 aliphatic heterocycles. The summed E-state index contributed by atoms with van der Waals surface area (Å²) in [4.78, 5) is 4.56. The van der Waals surface area contributed by atoms with Crippen LogP contribution in [0.5, 0.6) is 0 Å². The van der Waals surface area contributed by atoms with Gasteiger partial charge in [0.1, 0.15) is 5.01 Å². The van der Waals surface area contributed by atoms with Gasteiger partial charge in [-0.15, -0.1) is 11.3 Å². The van der Waals surface area contributed by atoms with Crippen molar-refractivity contribution in [2.75, 3.05) is 6.61 Å². The Morgan fingerprint density at radius 1 is 1.50 bits per heavy atom. The summed E-state index contributed by atoms with van der Waals surface area (Å²) in [5.41, 5.74) is 0.459. The molecule has 3 nitrogen and oxygen atoms in total. The number of hydrogen-bond donors (Lipinski definition) is 1. The molecule has 0 amide bonds. The van der Waals surface area contributed by atoms with Crippen LogP contribution >= 0.6 is 11.3 Å². The number of aromatic nitrogens is 1. The van der Waals surface area contributed by atoms with E-state index in [1.807, 2.05) is 17.5 Å². The zero-order chi connectivity index (χ0) is 13.6. The zero-order valence-electron chi connectivity index (χ0n) is 12.2. The van der Waals surface area contributed by atoms with Crippen LogP contribution in [0.3, 0.4) is 0 Å². The molecule has 1 N–H and O–H groups in total. The first kappa shape index (κ1) is 13.2. The summed E-state index contributed by atoms with van der Waals surface area (Å²) in [7, 11) is 0. The number of hydrogen-bond acceptors (Lipinski definition) is 4. The number of nitrogens with one attached hydrogen (secondary N) is 1. The zero-order valence-corrected chi connectivity index (χ0v) is 13.0. The molecule has 4 heteroatoms. The van der Waals surface area contributed by atoms with Crippen LogP contribution in [0, 0.1) is 11.3 Å². The SMILES string of the molecule is CCO[C@@H]1C[C@@H](N[C@H](c2nccs2)C2CC2)C12CCC2. The van der Waals surface area contributed by atoms with Gasteiger partial charge in [-0.05, 0) is 44.9 Å². The quantitative estimate of drug-likeness (QED) is 0.871. The van der Waals surface area contributed by atoms with Gasteiger partial charge in [0.05, 0.1) is 12.1 Å². The van der Waals surface area contributed by atoms with E-state index in [1.54, 1.807) is 0 Å². The Bertz CT molecular complexity index is 453. The molecule has 1 heterocycles. The lowest BCUT2D eigenvalue weighted by Gasteiger charge is -2.61. The third kappa shape index (κ3) is 2.04. The lowest BCUT2D eigenvalue weighted by Crippen LogP contribution is -2.67.